The van der Waals surface area contributed by atoms with E-state index in [9.17, 15) is 9.59 Å². The Morgan fingerprint density at radius 3 is 2.58 bits per heavy atom. The first-order valence-corrected chi connectivity index (χ1v) is 15.0. The van der Waals surface area contributed by atoms with E-state index in [1.165, 1.54) is 27.3 Å². The van der Waals surface area contributed by atoms with Crippen molar-refractivity contribution in [2.24, 2.45) is 0 Å². The molecule has 0 unspecified atom stereocenters. The van der Waals surface area contributed by atoms with Crippen LogP contribution in [0.3, 0.4) is 0 Å². The van der Waals surface area contributed by atoms with Crippen LogP contribution in [0.4, 0.5) is 5.00 Å². The number of likely N-dealkylation sites (N-methyl/N-ethyl adjacent to an activating group) is 1. The van der Waals surface area contributed by atoms with Gasteiger partial charge in [0.2, 0.25) is 5.91 Å². The number of hydrogen-bond acceptors (Lipinski definition) is 8. The third-order valence-corrected chi connectivity index (χ3v) is 9.92. The highest BCUT2D eigenvalue weighted by Gasteiger charge is 2.35. The van der Waals surface area contributed by atoms with Gasteiger partial charge in [0.1, 0.15) is 0 Å². The van der Waals surface area contributed by atoms with E-state index in [-0.39, 0.29) is 23.8 Å². The van der Waals surface area contributed by atoms with Crippen LogP contribution >= 0.6 is 22.7 Å². The standard InChI is InChI=1S/C28H34N6O2S2/c1-32-11-13-33(14-12-32)16-19-4-6-20(7-5-19)24-15-30-27(38-24)21-17-34(18-21)28(36)23-8-9-25(37-23)31-26(35)22-3-2-10-29-22/h4-9,15,21-22,29H,2-3,10-14,16-18H2,1H3,(H,31,35)/t22-/m0/s1. The molecule has 6 rings (SSSR count). The molecule has 8 nitrogen and oxygen atoms in total. The Balaban J connectivity index is 0.998. The van der Waals surface area contributed by atoms with Crippen molar-refractivity contribution in [2.45, 2.75) is 31.3 Å². The Kier molecular flexibility index (Phi) is 7.58. The van der Waals surface area contributed by atoms with E-state index in [2.05, 4.69) is 51.7 Å². The molecule has 1 atom stereocenters. The second-order valence-corrected chi connectivity index (χ2v) is 12.7. The number of thiazole rings is 1. The summed E-state index contributed by atoms with van der Waals surface area (Å²) in [5.41, 5.74) is 2.55. The van der Waals surface area contributed by atoms with E-state index < -0.39 is 0 Å². The Hall–Kier alpha value is -2.63. The largest absolute Gasteiger partial charge is 0.336 e. The van der Waals surface area contributed by atoms with Gasteiger partial charge in [-0.25, -0.2) is 4.98 Å². The predicted molar refractivity (Wildman–Crippen MR) is 153 cm³/mol. The fraction of sp³-hybridized carbons (Fsp3) is 0.464. The normalized spacial score (nSPS) is 21.0. The maximum Gasteiger partial charge on any atom is 0.264 e. The number of nitrogens with zero attached hydrogens (tertiary/aromatic N) is 4. The highest BCUT2D eigenvalue weighted by molar-refractivity contribution is 7.18. The van der Waals surface area contributed by atoms with Gasteiger partial charge >= 0.3 is 0 Å². The number of benzene rings is 1. The minimum atomic E-state index is -0.129. The number of nitrogens with one attached hydrogen (secondary N) is 2. The number of carbonyl (C=O) groups excluding carboxylic acids is 2. The van der Waals surface area contributed by atoms with Crippen LogP contribution in [0.1, 0.15) is 39.0 Å². The molecule has 3 aliphatic heterocycles. The van der Waals surface area contributed by atoms with Gasteiger partial charge in [0.15, 0.2) is 0 Å². The van der Waals surface area contributed by atoms with Crippen LogP contribution in [0.25, 0.3) is 10.4 Å². The molecule has 3 aliphatic rings. The lowest BCUT2D eigenvalue weighted by Crippen LogP contribution is -2.48. The topological polar surface area (TPSA) is 80.8 Å². The van der Waals surface area contributed by atoms with Gasteiger partial charge in [-0.05, 0) is 49.7 Å². The van der Waals surface area contributed by atoms with Crippen molar-refractivity contribution in [3.05, 3.63) is 58.0 Å². The van der Waals surface area contributed by atoms with Crippen molar-refractivity contribution in [3.8, 4) is 10.4 Å². The van der Waals surface area contributed by atoms with Gasteiger partial charge in [-0.15, -0.1) is 22.7 Å². The summed E-state index contributed by atoms with van der Waals surface area (Å²) in [5, 5.41) is 7.97. The van der Waals surface area contributed by atoms with E-state index in [0.717, 1.165) is 62.1 Å². The lowest BCUT2D eigenvalue weighted by Gasteiger charge is -2.37. The van der Waals surface area contributed by atoms with Gasteiger partial charge in [-0.1, -0.05) is 24.3 Å². The summed E-state index contributed by atoms with van der Waals surface area (Å²) in [4.78, 5) is 38.6. The lowest BCUT2D eigenvalue weighted by molar-refractivity contribution is -0.117. The van der Waals surface area contributed by atoms with Crippen LogP contribution in [0.15, 0.2) is 42.6 Å². The third kappa shape index (κ3) is 5.69. The molecule has 0 radical (unpaired) electrons. The Morgan fingerprint density at radius 1 is 1.05 bits per heavy atom. The molecule has 0 aliphatic carbocycles. The molecule has 0 bridgehead atoms. The summed E-state index contributed by atoms with van der Waals surface area (Å²) in [6.07, 6.45) is 3.85. The number of amides is 2. The molecule has 0 spiro atoms. The zero-order chi connectivity index (χ0) is 26.1. The summed E-state index contributed by atoms with van der Waals surface area (Å²) in [7, 11) is 2.19. The number of piperazine rings is 1. The molecule has 0 saturated carbocycles. The average molecular weight is 551 g/mol. The maximum atomic E-state index is 13.0. The summed E-state index contributed by atoms with van der Waals surface area (Å²) >= 11 is 3.08. The van der Waals surface area contributed by atoms with Crippen LogP contribution in [0.2, 0.25) is 0 Å². The smallest absolute Gasteiger partial charge is 0.264 e. The Morgan fingerprint density at radius 2 is 1.84 bits per heavy atom. The van der Waals surface area contributed by atoms with E-state index >= 15 is 0 Å². The molecule has 10 heteroatoms. The first-order valence-electron chi connectivity index (χ1n) is 13.4. The number of anilines is 1. The minimum absolute atomic E-state index is 0.0170. The number of hydrogen-bond donors (Lipinski definition) is 2. The van der Waals surface area contributed by atoms with Crippen LogP contribution in [0.5, 0.6) is 0 Å². The fourth-order valence-corrected chi connectivity index (χ4v) is 7.12. The van der Waals surface area contributed by atoms with Crippen LogP contribution in [0, 0.1) is 0 Å². The fourth-order valence-electron chi connectivity index (χ4n) is 5.24. The lowest BCUT2D eigenvalue weighted by atomic mass is 10.0. The van der Waals surface area contributed by atoms with Gasteiger partial charge in [-0.3, -0.25) is 14.5 Å². The zero-order valence-electron chi connectivity index (χ0n) is 21.7. The quantitative estimate of drug-likeness (QED) is 0.469. The molecular weight excluding hydrogens is 516 g/mol. The van der Waals surface area contributed by atoms with Gasteiger partial charge in [0.25, 0.3) is 5.91 Å². The van der Waals surface area contributed by atoms with Crippen molar-refractivity contribution < 1.29 is 9.59 Å². The minimum Gasteiger partial charge on any atom is -0.336 e. The monoisotopic (exact) mass is 550 g/mol. The Labute approximate surface area is 231 Å². The molecule has 5 heterocycles. The number of likely N-dealkylation sites (tertiary alicyclic amines) is 1. The molecule has 2 amide bonds. The van der Waals surface area contributed by atoms with E-state index in [4.69, 9.17) is 4.98 Å². The Bertz CT molecular complexity index is 1270. The molecule has 3 fully saturated rings. The number of rotatable bonds is 7. The molecule has 2 aromatic heterocycles. The molecule has 3 saturated heterocycles. The van der Waals surface area contributed by atoms with Gasteiger partial charge < -0.3 is 20.4 Å². The molecule has 200 valence electrons. The predicted octanol–water partition coefficient (Wildman–Crippen LogP) is 3.55. The summed E-state index contributed by atoms with van der Waals surface area (Å²) in [6, 6.07) is 12.4. The molecule has 3 aromatic rings. The highest BCUT2D eigenvalue weighted by atomic mass is 32.1. The van der Waals surface area contributed by atoms with Crippen molar-refractivity contribution in [3.63, 3.8) is 0 Å². The second kappa shape index (κ2) is 11.2. The summed E-state index contributed by atoms with van der Waals surface area (Å²) in [6.45, 7) is 7.77. The SMILES string of the molecule is CN1CCN(Cc2ccc(-c3cnc(C4CN(C(=O)c5ccc(NC(=O)[C@@H]6CCCN6)s5)C4)s3)cc2)CC1. The van der Waals surface area contributed by atoms with E-state index in [0.29, 0.717) is 18.0 Å². The highest BCUT2D eigenvalue weighted by Crippen LogP contribution is 2.36. The zero-order valence-corrected chi connectivity index (χ0v) is 23.3. The van der Waals surface area contributed by atoms with Crippen LogP contribution < -0.4 is 10.6 Å². The maximum absolute atomic E-state index is 13.0. The number of thiophene rings is 1. The van der Waals surface area contributed by atoms with Gasteiger partial charge in [0.05, 0.1) is 25.8 Å². The summed E-state index contributed by atoms with van der Waals surface area (Å²) in [5.74, 6) is 0.289. The van der Waals surface area contributed by atoms with Crippen molar-refractivity contribution in [2.75, 3.05) is 58.2 Å². The molecular formula is C28H34N6O2S2. The number of aromatic nitrogens is 1. The van der Waals surface area contributed by atoms with E-state index in [1.807, 2.05) is 23.2 Å². The number of carbonyl (C=O) groups is 2. The van der Waals surface area contributed by atoms with E-state index in [1.54, 1.807) is 11.3 Å². The summed E-state index contributed by atoms with van der Waals surface area (Å²) < 4.78 is 0. The van der Waals surface area contributed by atoms with Gasteiger partial charge in [0, 0.05) is 57.9 Å². The van der Waals surface area contributed by atoms with Crippen molar-refractivity contribution in [1.82, 2.24) is 25.0 Å². The van der Waals surface area contributed by atoms with Gasteiger partial charge in [-0.2, -0.15) is 0 Å². The second-order valence-electron chi connectivity index (χ2n) is 10.5. The van der Waals surface area contributed by atoms with Crippen molar-refractivity contribution >= 4 is 39.5 Å². The molecule has 1 aromatic carbocycles. The molecule has 38 heavy (non-hydrogen) atoms. The first-order chi connectivity index (χ1) is 18.5. The average Bonchev–Trinajstić information content (AvgIpc) is 3.67. The molecule has 2 N–H and O–H groups in total. The van der Waals surface area contributed by atoms with Crippen LogP contribution in [-0.4, -0.2) is 90.4 Å². The third-order valence-electron chi connectivity index (χ3n) is 7.72. The van der Waals surface area contributed by atoms with Crippen molar-refractivity contribution in [1.29, 1.82) is 0 Å². The van der Waals surface area contributed by atoms with Crippen LogP contribution in [-0.2, 0) is 11.3 Å². The first kappa shape index (κ1) is 25.6.